The Balaban J connectivity index is 1.89. The summed E-state index contributed by atoms with van der Waals surface area (Å²) in [4.78, 5) is 12.4. The Bertz CT molecular complexity index is 1310. The fraction of sp³-hybridized carbons (Fsp3) is 0.167. The molecule has 2 aromatic carbocycles. The van der Waals surface area contributed by atoms with Crippen LogP contribution in [0.4, 0.5) is 13.2 Å². The number of halogens is 3. The van der Waals surface area contributed by atoms with Gasteiger partial charge in [0.05, 0.1) is 17.1 Å². The van der Waals surface area contributed by atoms with E-state index in [1.54, 1.807) is 31.2 Å². The predicted octanol–water partition coefficient (Wildman–Crippen LogP) is 5.13. The van der Waals surface area contributed by atoms with Crippen molar-refractivity contribution in [1.29, 1.82) is 0 Å². The van der Waals surface area contributed by atoms with Gasteiger partial charge in [0, 0.05) is 16.7 Å². The van der Waals surface area contributed by atoms with Gasteiger partial charge in [-0.25, -0.2) is 4.79 Å². The smallest absolute Gasteiger partial charge is 0.462 e. The fourth-order valence-electron chi connectivity index (χ4n) is 2.73. The molecule has 0 aliphatic carbocycles. The van der Waals surface area contributed by atoms with Gasteiger partial charge in [-0.3, -0.25) is 0 Å². The van der Waals surface area contributed by atoms with Crippen molar-refractivity contribution in [3.8, 4) is 11.8 Å². The van der Waals surface area contributed by atoms with E-state index in [4.69, 9.17) is 4.74 Å². The van der Waals surface area contributed by atoms with Crippen LogP contribution in [0.5, 0.6) is 0 Å². The number of ether oxygens (including phenoxy) is 1. The average molecular weight is 509 g/mol. The standard InChI is InChI=1S/C24H19F3O5S2/c1-2-31-23(28)20-11-8-18(9-12-20)10-14-22-15-13-21(32-34(29,30)24(25,26)27)17-33(22)16-19-6-4-3-5-7-19/h3-9,11-13,15,17H,2,16H2,1H3. The molecule has 10 heteroatoms. The van der Waals surface area contributed by atoms with Crippen LogP contribution in [-0.2, 0) is 24.8 Å². The van der Waals surface area contributed by atoms with E-state index >= 15 is 0 Å². The summed E-state index contributed by atoms with van der Waals surface area (Å²) < 4.78 is 70.2. The molecule has 0 saturated carbocycles. The van der Waals surface area contributed by atoms with Crippen molar-refractivity contribution >= 4 is 31.9 Å². The van der Waals surface area contributed by atoms with Crippen molar-refractivity contribution in [2.24, 2.45) is 0 Å². The zero-order valence-electron chi connectivity index (χ0n) is 17.8. The molecule has 0 radical (unpaired) electrons. The van der Waals surface area contributed by atoms with E-state index in [9.17, 15) is 26.4 Å². The zero-order chi connectivity index (χ0) is 24.8. The number of rotatable bonds is 6. The molecule has 2 aromatic rings. The number of hydrogen-bond acceptors (Lipinski definition) is 5. The van der Waals surface area contributed by atoms with Crippen molar-refractivity contribution in [3.63, 3.8) is 0 Å². The number of esters is 1. The summed E-state index contributed by atoms with van der Waals surface area (Å²) in [6.07, 6.45) is 2.60. The Morgan fingerprint density at radius 1 is 1.00 bits per heavy atom. The normalized spacial score (nSPS) is 15.7. The van der Waals surface area contributed by atoms with Crippen LogP contribution in [-0.4, -0.2) is 31.9 Å². The fourth-order valence-corrected chi connectivity index (χ4v) is 4.99. The Kier molecular flexibility index (Phi) is 8.02. The van der Waals surface area contributed by atoms with Crippen molar-refractivity contribution < 1.29 is 35.3 Å². The number of alkyl halides is 3. The highest BCUT2D eigenvalue weighted by molar-refractivity contribution is 8.18. The second-order valence-electron chi connectivity index (χ2n) is 6.81. The van der Waals surface area contributed by atoms with Gasteiger partial charge in [-0.2, -0.15) is 21.6 Å². The largest absolute Gasteiger partial charge is 0.534 e. The molecule has 0 fully saturated rings. The number of carbonyl (C=O) groups is 1. The molecule has 1 aliphatic rings. The minimum atomic E-state index is -5.78. The predicted molar refractivity (Wildman–Crippen MR) is 125 cm³/mol. The molecule has 0 amide bonds. The van der Waals surface area contributed by atoms with E-state index in [0.717, 1.165) is 11.6 Å². The molecule has 0 spiro atoms. The summed E-state index contributed by atoms with van der Waals surface area (Å²) >= 11 is 0. The molecule has 1 heterocycles. The van der Waals surface area contributed by atoms with Gasteiger partial charge in [-0.15, -0.1) is 10.5 Å². The first-order valence-electron chi connectivity index (χ1n) is 9.89. The number of carbonyl (C=O) groups excluding carboxylic acids is 1. The van der Waals surface area contributed by atoms with Gasteiger partial charge in [0.25, 0.3) is 0 Å². The molecule has 3 rings (SSSR count). The Morgan fingerprint density at radius 2 is 1.68 bits per heavy atom. The lowest BCUT2D eigenvalue weighted by Crippen LogP contribution is -2.25. The van der Waals surface area contributed by atoms with Gasteiger partial charge in [-0.1, -0.05) is 42.2 Å². The SMILES string of the molecule is CCOC(=O)c1ccc(C#CC2=CC=C(OS(=O)(=O)C(F)(F)F)C=S2Cc2ccccc2)cc1. The molecule has 1 aliphatic heterocycles. The van der Waals surface area contributed by atoms with E-state index in [1.165, 1.54) is 11.4 Å². The van der Waals surface area contributed by atoms with E-state index in [1.807, 2.05) is 30.3 Å². The molecule has 1 atom stereocenters. The maximum Gasteiger partial charge on any atom is 0.534 e. The molecule has 178 valence electrons. The molecule has 0 aromatic heterocycles. The second kappa shape index (κ2) is 10.8. The highest BCUT2D eigenvalue weighted by atomic mass is 32.2. The quantitative estimate of drug-likeness (QED) is 0.178. The summed E-state index contributed by atoms with van der Waals surface area (Å²) in [5.41, 5.74) is -3.63. The van der Waals surface area contributed by atoms with Crippen LogP contribution in [0, 0.1) is 11.8 Å². The van der Waals surface area contributed by atoms with Crippen molar-refractivity contribution in [3.05, 3.63) is 94.1 Å². The lowest BCUT2D eigenvalue weighted by molar-refractivity contribution is -0.0518. The molecule has 1 unspecified atom stereocenters. The van der Waals surface area contributed by atoms with E-state index < -0.39 is 37.8 Å². The minimum absolute atomic E-state index is 0.262. The molecule has 0 bridgehead atoms. The summed E-state index contributed by atoms with van der Waals surface area (Å²) in [7, 11) is -6.63. The Hall–Kier alpha value is -3.29. The lowest BCUT2D eigenvalue weighted by Gasteiger charge is -2.16. The third-order valence-corrected chi connectivity index (χ3v) is 7.26. The third-order valence-electron chi connectivity index (χ3n) is 4.32. The zero-order valence-corrected chi connectivity index (χ0v) is 19.5. The van der Waals surface area contributed by atoms with Crippen LogP contribution < -0.4 is 0 Å². The first kappa shape index (κ1) is 25.3. The van der Waals surface area contributed by atoms with Crippen molar-refractivity contribution in [2.75, 3.05) is 6.61 Å². The molecular formula is C24H19F3O5S2. The molecular weight excluding hydrogens is 489 g/mol. The minimum Gasteiger partial charge on any atom is -0.462 e. The first-order chi connectivity index (χ1) is 16.1. The number of allylic oxidation sites excluding steroid dienone is 4. The Morgan fingerprint density at radius 3 is 2.29 bits per heavy atom. The highest BCUT2D eigenvalue weighted by Crippen LogP contribution is 2.34. The van der Waals surface area contributed by atoms with E-state index in [2.05, 4.69) is 16.0 Å². The van der Waals surface area contributed by atoms with E-state index in [-0.39, 0.29) is 6.61 Å². The molecule has 34 heavy (non-hydrogen) atoms. The maximum atomic E-state index is 12.7. The molecule has 0 saturated heterocycles. The van der Waals surface area contributed by atoms with Gasteiger partial charge in [0.15, 0.2) is 0 Å². The maximum absolute atomic E-state index is 12.7. The van der Waals surface area contributed by atoms with Crippen LogP contribution in [0.3, 0.4) is 0 Å². The lowest BCUT2D eigenvalue weighted by atomic mass is 10.1. The van der Waals surface area contributed by atoms with Crippen LogP contribution in [0.1, 0.15) is 28.4 Å². The van der Waals surface area contributed by atoms with Crippen LogP contribution in [0.15, 0.2) is 77.4 Å². The second-order valence-corrected chi connectivity index (χ2v) is 10.2. The first-order valence-corrected chi connectivity index (χ1v) is 12.8. The molecule has 0 N–H and O–H groups in total. The highest BCUT2D eigenvalue weighted by Gasteiger charge is 2.48. The van der Waals surface area contributed by atoms with Crippen molar-refractivity contribution in [2.45, 2.75) is 18.2 Å². The van der Waals surface area contributed by atoms with E-state index in [0.29, 0.717) is 21.8 Å². The summed E-state index contributed by atoms with van der Waals surface area (Å²) in [5.74, 6) is 5.50. The number of hydrogen-bond donors (Lipinski definition) is 0. The van der Waals surface area contributed by atoms with Gasteiger partial charge in [0.1, 0.15) is 5.76 Å². The van der Waals surface area contributed by atoms with Gasteiger partial charge in [0.2, 0.25) is 0 Å². The summed E-state index contributed by atoms with van der Waals surface area (Å²) in [6, 6.07) is 15.7. The monoisotopic (exact) mass is 508 g/mol. The van der Waals surface area contributed by atoms with Gasteiger partial charge >= 0.3 is 21.6 Å². The van der Waals surface area contributed by atoms with Crippen molar-refractivity contribution in [1.82, 2.24) is 0 Å². The van der Waals surface area contributed by atoms with Crippen LogP contribution >= 0.6 is 10.5 Å². The third kappa shape index (κ3) is 6.62. The summed E-state index contributed by atoms with van der Waals surface area (Å²) in [6.45, 7) is 1.97. The van der Waals surface area contributed by atoms with Gasteiger partial charge < -0.3 is 8.92 Å². The van der Waals surface area contributed by atoms with Crippen LogP contribution in [0.2, 0.25) is 0 Å². The average Bonchev–Trinajstić information content (AvgIpc) is 2.79. The van der Waals surface area contributed by atoms with Gasteiger partial charge in [-0.05, 0) is 48.9 Å². The Labute approximate surface area is 197 Å². The number of benzene rings is 2. The van der Waals surface area contributed by atoms with Crippen LogP contribution in [0.25, 0.3) is 0 Å². The molecule has 5 nitrogen and oxygen atoms in total. The topological polar surface area (TPSA) is 69.7 Å². The summed E-state index contributed by atoms with van der Waals surface area (Å²) in [5, 5.41) is 1.34.